The molecule has 2 amide bonds. The summed E-state index contributed by atoms with van der Waals surface area (Å²) in [4.78, 5) is 27.0. The summed E-state index contributed by atoms with van der Waals surface area (Å²) in [5.74, 6) is -0.0566. The molecule has 0 unspecified atom stereocenters. The molecule has 1 aliphatic rings. The quantitative estimate of drug-likeness (QED) is 0.882. The van der Waals surface area contributed by atoms with Crippen molar-refractivity contribution in [3.63, 3.8) is 0 Å². The highest BCUT2D eigenvalue weighted by atomic mass is 16.2. The second-order valence-corrected chi connectivity index (χ2v) is 8.52. The minimum Gasteiger partial charge on any atom is -0.347 e. The molecule has 6 heteroatoms. The van der Waals surface area contributed by atoms with Crippen molar-refractivity contribution in [2.24, 2.45) is 7.05 Å². The van der Waals surface area contributed by atoms with E-state index < -0.39 is 0 Å². The minimum absolute atomic E-state index is 0.0971. The zero-order valence-electron chi connectivity index (χ0n) is 17.3. The van der Waals surface area contributed by atoms with Crippen LogP contribution in [0.3, 0.4) is 0 Å². The number of carbonyl (C=O) groups excluding carboxylic acids is 2. The van der Waals surface area contributed by atoms with Gasteiger partial charge in [0.05, 0.1) is 5.69 Å². The molecule has 6 nitrogen and oxygen atoms in total. The third kappa shape index (κ3) is 4.61. The Bertz CT molecular complexity index is 840. The number of benzene rings is 1. The van der Waals surface area contributed by atoms with Gasteiger partial charge in [-0.2, -0.15) is 5.10 Å². The van der Waals surface area contributed by atoms with Crippen LogP contribution in [0.25, 0.3) is 0 Å². The molecule has 2 heterocycles. The van der Waals surface area contributed by atoms with E-state index in [1.54, 1.807) is 11.7 Å². The molecule has 0 atom stereocenters. The summed E-state index contributed by atoms with van der Waals surface area (Å²) in [5.41, 5.74) is 3.00. The van der Waals surface area contributed by atoms with Gasteiger partial charge < -0.3 is 10.2 Å². The van der Waals surface area contributed by atoms with Crippen molar-refractivity contribution in [1.29, 1.82) is 0 Å². The van der Waals surface area contributed by atoms with Crippen LogP contribution in [0.4, 0.5) is 0 Å². The highest BCUT2D eigenvalue weighted by molar-refractivity contribution is 5.94. The van der Waals surface area contributed by atoms with Crippen molar-refractivity contribution in [2.45, 2.75) is 52.0 Å². The van der Waals surface area contributed by atoms with E-state index in [1.807, 2.05) is 35.2 Å². The number of hydrogen-bond donors (Lipinski definition) is 1. The van der Waals surface area contributed by atoms with E-state index in [9.17, 15) is 9.59 Å². The smallest absolute Gasteiger partial charge is 0.269 e. The molecule has 0 spiro atoms. The fourth-order valence-electron chi connectivity index (χ4n) is 3.36. The van der Waals surface area contributed by atoms with Crippen LogP contribution in [0.1, 0.15) is 72.1 Å². The average Bonchev–Trinajstić information content (AvgIpc) is 3.09. The van der Waals surface area contributed by atoms with E-state index in [2.05, 4.69) is 31.2 Å². The highest BCUT2D eigenvalue weighted by Gasteiger charge is 2.22. The molecule has 0 saturated carbocycles. The third-order valence-electron chi connectivity index (χ3n) is 5.18. The Morgan fingerprint density at radius 1 is 1.07 bits per heavy atom. The molecular formula is C22H30N4O2. The first-order valence-corrected chi connectivity index (χ1v) is 9.96. The predicted molar refractivity (Wildman–Crippen MR) is 109 cm³/mol. The summed E-state index contributed by atoms with van der Waals surface area (Å²) in [5, 5.41) is 7.38. The first-order chi connectivity index (χ1) is 13.3. The topological polar surface area (TPSA) is 67.2 Å². The summed E-state index contributed by atoms with van der Waals surface area (Å²) in [6.07, 6.45) is 3.37. The maximum Gasteiger partial charge on any atom is 0.269 e. The molecule has 0 bridgehead atoms. The Labute approximate surface area is 166 Å². The lowest BCUT2D eigenvalue weighted by molar-refractivity contribution is 0.0724. The number of nitrogens with zero attached hydrogens (tertiary/aromatic N) is 3. The predicted octanol–water partition coefficient (Wildman–Crippen LogP) is 3.27. The van der Waals surface area contributed by atoms with Gasteiger partial charge >= 0.3 is 0 Å². The van der Waals surface area contributed by atoms with Gasteiger partial charge in [-0.25, -0.2) is 0 Å². The molecule has 1 aromatic heterocycles. The largest absolute Gasteiger partial charge is 0.347 e. The van der Waals surface area contributed by atoms with Crippen LogP contribution in [0.5, 0.6) is 0 Å². The van der Waals surface area contributed by atoms with Crippen molar-refractivity contribution in [3.8, 4) is 0 Å². The molecule has 1 aromatic carbocycles. The van der Waals surface area contributed by atoms with Gasteiger partial charge in [0, 0.05) is 37.7 Å². The average molecular weight is 383 g/mol. The summed E-state index contributed by atoms with van der Waals surface area (Å²) in [6.45, 7) is 8.32. The van der Waals surface area contributed by atoms with Crippen LogP contribution in [0.15, 0.2) is 30.3 Å². The number of aryl methyl sites for hydroxylation is 1. The molecule has 1 aliphatic heterocycles. The summed E-state index contributed by atoms with van der Waals surface area (Å²) >= 11 is 0. The zero-order valence-corrected chi connectivity index (χ0v) is 17.3. The lowest BCUT2D eigenvalue weighted by Gasteiger charge is -2.26. The number of piperidine rings is 1. The second kappa shape index (κ2) is 8.17. The Morgan fingerprint density at radius 2 is 1.71 bits per heavy atom. The molecule has 1 saturated heterocycles. The van der Waals surface area contributed by atoms with Crippen LogP contribution in [-0.4, -0.2) is 39.6 Å². The minimum atomic E-state index is -0.154. The molecule has 1 fully saturated rings. The van der Waals surface area contributed by atoms with E-state index in [0.29, 0.717) is 17.8 Å². The van der Waals surface area contributed by atoms with Crippen LogP contribution in [0.2, 0.25) is 0 Å². The summed E-state index contributed by atoms with van der Waals surface area (Å²) in [7, 11) is 1.78. The van der Waals surface area contributed by atoms with Crippen molar-refractivity contribution in [2.75, 3.05) is 13.1 Å². The van der Waals surface area contributed by atoms with Crippen LogP contribution >= 0.6 is 0 Å². The maximum atomic E-state index is 12.5. The molecule has 28 heavy (non-hydrogen) atoms. The van der Waals surface area contributed by atoms with Gasteiger partial charge in [-0.3, -0.25) is 14.3 Å². The number of carbonyl (C=O) groups is 2. The van der Waals surface area contributed by atoms with Gasteiger partial charge in [-0.1, -0.05) is 32.9 Å². The van der Waals surface area contributed by atoms with Gasteiger partial charge in [0.2, 0.25) is 0 Å². The number of hydrogen-bond acceptors (Lipinski definition) is 3. The van der Waals surface area contributed by atoms with E-state index in [1.165, 1.54) is 6.42 Å². The van der Waals surface area contributed by atoms with Gasteiger partial charge in [0.1, 0.15) is 5.69 Å². The van der Waals surface area contributed by atoms with Crippen LogP contribution < -0.4 is 5.32 Å². The molecule has 0 aliphatic carbocycles. The molecule has 150 valence electrons. The Morgan fingerprint density at radius 3 is 2.29 bits per heavy atom. The van der Waals surface area contributed by atoms with Gasteiger partial charge in [-0.15, -0.1) is 0 Å². The summed E-state index contributed by atoms with van der Waals surface area (Å²) in [6, 6.07) is 9.35. The molecule has 0 radical (unpaired) electrons. The maximum absolute atomic E-state index is 12.5. The SMILES string of the molecule is Cn1nc(C(C)(C)C)cc1C(=O)NCc1ccc(C(=O)N2CCCCC2)cc1. The Balaban J connectivity index is 1.60. The van der Waals surface area contributed by atoms with Crippen molar-refractivity contribution >= 4 is 11.8 Å². The zero-order chi connectivity index (χ0) is 20.3. The number of nitrogens with one attached hydrogen (secondary N) is 1. The van der Waals surface area contributed by atoms with Crippen molar-refractivity contribution in [3.05, 3.63) is 52.8 Å². The van der Waals surface area contributed by atoms with Gasteiger partial charge in [0.15, 0.2) is 0 Å². The number of amides is 2. The fraction of sp³-hybridized carbons (Fsp3) is 0.500. The Hall–Kier alpha value is -2.63. The molecule has 3 rings (SSSR count). The first-order valence-electron chi connectivity index (χ1n) is 9.96. The molecular weight excluding hydrogens is 352 g/mol. The van der Waals surface area contributed by atoms with Crippen molar-refractivity contribution in [1.82, 2.24) is 20.0 Å². The number of aromatic nitrogens is 2. The van der Waals surface area contributed by atoms with E-state index in [4.69, 9.17) is 0 Å². The third-order valence-corrected chi connectivity index (χ3v) is 5.18. The first kappa shape index (κ1) is 20.1. The van der Waals surface area contributed by atoms with Crippen LogP contribution in [0, 0.1) is 0 Å². The monoisotopic (exact) mass is 382 g/mol. The second-order valence-electron chi connectivity index (χ2n) is 8.52. The molecule has 1 N–H and O–H groups in total. The van der Waals surface area contributed by atoms with E-state index in [-0.39, 0.29) is 17.2 Å². The lowest BCUT2D eigenvalue weighted by Crippen LogP contribution is -2.35. The van der Waals surface area contributed by atoms with Crippen LogP contribution in [-0.2, 0) is 19.0 Å². The lowest BCUT2D eigenvalue weighted by atomic mass is 9.92. The number of rotatable bonds is 4. The fourth-order valence-corrected chi connectivity index (χ4v) is 3.36. The van der Waals surface area contributed by atoms with Gasteiger partial charge in [0.25, 0.3) is 11.8 Å². The Kier molecular flexibility index (Phi) is 5.87. The van der Waals surface area contributed by atoms with E-state index >= 15 is 0 Å². The summed E-state index contributed by atoms with van der Waals surface area (Å²) < 4.78 is 1.62. The highest BCUT2D eigenvalue weighted by Crippen LogP contribution is 2.21. The standard InChI is InChI=1S/C22H30N4O2/c1-22(2,3)19-14-18(25(4)24-19)20(27)23-15-16-8-10-17(11-9-16)21(28)26-12-6-5-7-13-26/h8-11,14H,5-7,12-13,15H2,1-4H3,(H,23,27). The van der Waals surface area contributed by atoms with Crippen molar-refractivity contribution < 1.29 is 9.59 Å². The van der Waals surface area contributed by atoms with E-state index in [0.717, 1.165) is 37.2 Å². The van der Waals surface area contributed by atoms with Gasteiger partial charge in [-0.05, 0) is 43.0 Å². The molecule has 2 aromatic rings. The normalized spacial score (nSPS) is 14.8. The number of likely N-dealkylation sites (tertiary alicyclic amines) is 1.